The number of hydrogen-bond donors (Lipinski definition) is 2. The normalized spacial score (nSPS) is 9.78. The maximum Gasteiger partial charge on any atom is 0.357 e. The Morgan fingerprint density at radius 3 is 2.43 bits per heavy atom. The maximum atomic E-state index is 11.7. The Hall–Kier alpha value is -2.93. The first-order valence-corrected chi connectivity index (χ1v) is 6.87. The summed E-state index contributed by atoms with van der Waals surface area (Å²) in [5.41, 5.74) is 4.73. The van der Waals surface area contributed by atoms with Crippen LogP contribution in [0, 0.1) is 0 Å². The van der Waals surface area contributed by atoms with Gasteiger partial charge < -0.3 is 4.74 Å². The lowest BCUT2D eigenvalue weighted by Crippen LogP contribution is -2.43. The minimum absolute atomic E-state index is 0.0884. The van der Waals surface area contributed by atoms with Gasteiger partial charge in [-0.1, -0.05) is 17.7 Å². The molecule has 1 aromatic carbocycles. The molecule has 2 N–H and O–H groups in total. The van der Waals surface area contributed by atoms with Gasteiger partial charge in [0, 0.05) is 16.8 Å². The summed E-state index contributed by atoms with van der Waals surface area (Å²) in [5.74, 6) is -1.94. The minimum atomic E-state index is -0.732. The zero-order chi connectivity index (χ0) is 16.7. The van der Waals surface area contributed by atoms with E-state index in [4.69, 9.17) is 16.3 Å². The molecule has 0 aliphatic carbocycles. The Labute approximate surface area is 136 Å². The molecule has 0 unspecified atom stereocenters. The first-order chi connectivity index (χ1) is 11.1. The van der Waals surface area contributed by atoms with Crippen LogP contribution in [0.1, 0.15) is 20.8 Å². The SMILES string of the molecule is O=C(COC(=O)c1ccccn1)NNC(=O)c1ccc(Cl)cc1. The van der Waals surface area contributed by atoms with Crippen LogP contribution >= 0.6 is 11.6 Å². The molecule has 0 aliphatic rings. The van der Waals surface area contributed by atoms with E-state index in [2.05, 4.69) is 15.8 Å². The van der Waals surface area contributed by atoms with Crippen LogP contribution in [-0.4, -0.2) is 29.4 Å². The highest BCUT2D eigenvalue weighted by atomic mass is 35.5. The molecule has 2 aromatic rings. The molecule has 0 atom stereocenters. The van der Waals surface area contributed by atoms with Crippen molar-refractivity contribution in [2.45, 2.75) is 0 Å². The predicted molar refractivity (Wildman–Crippen MR) is 81.6 cm³/mol. The number of carbonyl (C=O) groups excluding carboxylic acids is 3. The number of nitrogens with zero attached hydrogens (tertiary/aromatic N) is 1. The predicted octanol–water partition coefficient (Wildman–Crippen LogP) is 1.35. The minimum Gasteiger partial charge on any atom is -0.451 e. The van der Waals surface area contributed by atoms with E-state index in [-0.39, 0.29) is 5.69 Å². The number of hydrogen-bond acceptors (Lipinski definition) is 5. The average Bonchev–Trinajstić information content (AvgIpc) is 2.59. The summed E-state index contributed by atoms with van der Waals surface area (Å²) in [6, 6.07) is 10.8. The van der Waals surface area contributed by atoms with Gasteiger partial charge in [-0.2, -0.15) is 0 Å². The molecule has 7 nitrogen and oxygen atoms in total. The summed E-state index contributed by atoms with van der Waals surface area (Å²) in [6.07, 6.45) is 1.43. The molecular formula is C15H12ClN3O4. The van der Waals surface area contributed by atoms with Gasteiger partial charge in [0.1, 0.15) is 5.69 Å². The lowest BCUT2D eigenvalue weighted by atomic mass is 10.2. The van der Waals surface area contributed by atoms with Crippen LogP contribution < -0.4 is 10.9 Å². The third-order valence-electron chi connectivity index (χ3n) is 2.63. The second-order valence-electron chi connectivity index (χ2n) is 4.30. The van der Waals surface area contributed by atoms with Gasteiger partial charge in [0.2, 0.25) is 0 Å². The van der Waals surface area contributed by atoms with Crippen LogP contribution in [0.25, 0.3) is 0 Å². The van der Waals surface area contributed by atoms with Crippen LogP contribution in [0.4, 0.5) is 0 Å². The number of ether oxygens (including phenoxy) is 1. The second-order valence-corrected chi connectivity index (χ2v) is 4.74. The lowest BCUT2D eigenvalue weighted by molar-refractivity contribution is -0.125. The number of benzene rings is 1. The van der Waals surface area contributed by atoms with Gasteiger partial charge in [-0.25, -0.2) is 9.78 Å². The third kappa shape index (κ3) is 5.08. The van der Waals surface area contributed by atoms with Crippen molar-refractivity contribution in [3.05, 3.63) is 64.9 Å². The fourth-order valence-corrected chi connectivity index (χ4v) is 1.65. The van der Waals surface area contributed by atoms with Crippen LogP contribution in [0.3, 0.4) is 0 Å². The fraction of sp³-hybridized carbons (Fsp3) is 0.0667. The van der Waals surface area contributed by atoms with Crippen molar-refractivity contribution in [1.29, 1.82) is 0 Å². The Morgan fingerprint density at radius 1 is 1.04 bits per heavy atom. The van der Waals surface area contributed by atoms with E-state index in [1.807, 2.05) is 0 Å². The monoisotopic (exact) mass is 333 g/mol. The number of rotatable bonds is 4. The number of halogens is 1. The van der Waals surface area contributed by atoms with Crippen molar-refractivity contribution in [1.82, 2.24) is 15.8 Å². The number of esters is 1. The summed E-state index contributed by atoms with van der Waals surface area (Å²) >= 11 is 5.71. The number of amides is 2. The molecule has 0 saturated carbocycles. The topological polar surface area (TPSA) is 97.4 Å². The zero-order valence-electron chi connectivity index (χ0n) is 11.8. The fourth-order valence-electron chi connectivity index (χ4n) is 1.52. The number of carbonyl (C=O) groups is 3. The molecular weight excluding hydrogens is 322 g/mol. The van der Waals surface area contributed by atoms with Crippen molar-refractivity contribution < 1.29 is 19.1 Å². The van der Waals surface area contributed by atoms with E-state index in [9.17, 15) is 14.4 Å². The van der Waals surface area contributed by atoms with Gasteiger partial charge in [0.15, 0.2) is 6.61 Å². The van der Waals surface area contributed by atoms with Gasteiger partial charge in [-0.05, 0) is 36.4 Å². The molecule has 0 radical (unpaired) electrons. The molecule has 0 spiro atoms. The first-order valence-electron chi connectivity index (χ1n) is 6.49. The zero-order valence-corrected chi connectivity index (χ0v) is 12.5. The summed E-state index contributed by atoms with van der Waals surface area (Å²) in [7, 11) is 0. The Bertz CT molecular complexity index is 704. The summed E-state index contributed by atoms with van der Waals surface area (Å²) in [6.45, 7) is -0.545. The molecule has 0 fully saturated rings. The van der Waals surface area contributed by atoms with Crippen LogP contribution in [-0.2, 0) is 9.53 Å². The number of nitrogens with one attached hydrogen (secondary N) is 2. The van der Waals surface area contributed by atoms with E-state index in [1.54, 1.807) is 24.3 Å². The molecule has 2 rings (SSSR count). The van der Waals surface area contributed by atoms with Crippen molar-refractivity contribution >= 4 is 29.4 Å². The van der Waals surface area contributed by atoms with Gasteiger partial charge in [0.25, 0.3) is 11.8 Å². The third-order valence-corrected chi connectivity index (χ3v) is 2.88. The highest BCUT2D eigenvalue weighted by Crippen LogP contribution is 2.08. The summed E-state index contributed by atoms with van der Waals surface area (Å²) in [4.78, 5) is 38.6. The number of hydrazine groups is 1. The van der Waals surface area contributed by atoms with Crippen LogP contribution in [0.5, 0.6) is 0 Å². The van der Waals surface area contributed by atoms with Gasteiger partial charge in [-0.15, -0.1) is 0 Å². The number of pyridine rings is 1. The smallest absolute Gasteiger partial charge is 0.357 e. The quantitative estimate of drug-likeness (QED) is 0.650. The summed E-state index contributed by atoms with van der Waals surface area (Å²) in [5, 5.41) is 0.493. The van der Waals surface area contributed by atoms with Gasteiger partial charge >= 0.3 is 5.97 Å². The van der Waals surface area contributed by atoms with Crippen molar-refractivity contribution in [2.24, 2.45) is 0 Å². The molecule has 1 aromatic heterocycles. The van der Waals surface area contributed by atoms with Crippen LogP contribution in [0.2, 0.25) is 5.02 Å². The molecule has 2 amide bonds. The van der Waals surface area contributed by atoms with Crippen LogP contribution in [0.15, 0.2) is 48.7 Å². The first kappa shape index (κ1) is 16.4. The highest BCUT2D eigenvalue weighted by molar-refractivity contribution is 6.30. The molecule has 118 valence electrons. The molecule has 23 heavy (non-hydrogen) atoms. The molecule has 0 bridgehead atoms. The molecule has 1 heterocycles. The van der Waals surface area contributed by atoms with E-state index < -0.39 is 24.4 Å². The van der Waals surface area contributed by atoms with E-state index in [0.717, 1.165) is 0 Å². The Morgan fingerprint density at radius 2 is 1.78 bits per heavy atom. The largest absolute Gasteiger partial charge is 0.451 e. The van der Waals surface area contributed by atoms with E-state index in [1.165, 1.54) is 24.4 Å². The average molecular weight is 334 g/mol. The molecule has 8 heteroatoms. The van der Waals surface area contributed by atoms with Crippen molar-refractivity contribution in [3.8, 4) is 0 Å². The maximum absolute atomic E-state index is 11.7. The Kier molecular flexibility index (Phi) is 5.65. The second kappa shape index (κ2) is 7.90. The van der Waals surface area contributed by atoms with Crippen molar-refractivity contribution in [2.75, 3.05) is 6.61 Å². The standard InChI is InChI=1S/C15H12ClN3O4/c16-11-6-4-10(5-7-11)14(21)19-18-13(20)9-23-15(22)12-3-1-2-8-17-12/h1-8H,9H2,(H,18,20)(H,19,21). The lowest BCUT2D eigenvalue weighted by Gasteiger charge is -2.08. The van der Waals surface area contributed by atoms with Gasteiger partial charge in [0.05, 0.1) is 0 Å². The van der Waals surface area contributed by atoms with Gasteiger partial charge in [-0.3, -0.25) is 20.4 Å². The summed E-state index contributed by atoms with van der Waals surface area (Å²) < 4.78 is 4.76. The van der Waals surface area contributed by atoms with E-state index >= 15 is 0 Å². The highest BCUT2D eigenvalue weighted by Gasteiger charge is 2.12. The molecule has 0 aliphatic heterocycles. The number of aromatic nitrogens is 1. The molecule has 0 saturated heterocycles. The Balaban J connectivity index is 1.76. The van der Waals surface area contributed by atoms with Crippen molar-refractivity contribution in [3.63, 3.8) is 0 Å². The van der Waals surface area contributed by atoms with E-state index in [0.29, 0.717) is 10.6 Å².